The molecule has 1 aromatic carbocycles. The Morgan fingerprint density at radius 2 is 2.11 bits per heavy atom. The van der Waals surface area contributed by atoms with Crippen molar-refractivity contribution in [3.05, 3.63) is 23.8 Å². The predicted molar refractivity (Wildman–Crippen MR) is 61.6 cm³/mol. The van der Waals surface area contributed by atoms with E-state index in [9.17, 15) is 18.0 Å². The molecule has 0 fully saturated rings. The van der Waals surface area contributed by atoms with Gasteiger partial charge < -0.3 is 16.2 Å². The van der Waals surface area contributed by atoms with Gasteiger partial charge in [-0.25, -0.2) is 4.79 Å². The van der Waals surface area contributed by atoms with E-state index in [1.54, 1.807) is 0 Å². The summed E-state index contributed by atoms with van der Waals surface area (Å²) in [7, 11) is 0. The second kappa shape index (κ2) is 5.16. The number of hydrogen-bond donors (Lipinski definition) is 3. The summed E-state index contributed by atoms with van der Waals surface area (Å²) in [5.41, 5.74) is 5.55. The lowest BCUT2D eigenvalue weighted by Crippen LogP contribution is -2.24. The van der Waals surface area contributed by atoms with Gasteiger partial charge >= 0.3 is 12.1 Å². The van der Waals surface area contributed by atoms with Crippen LogP contribution in [-0.4, -0.2) is 23.3 Å². The average molecular weight is 262 g/mol. The molecule has 4 N–H and O–H groups in total. The normalized spacial score (nSPS) is 13.1. The van der Waals surface area contributed by atoms with E-state index in [1.165, 1.54) is 25.1 Å². The van der Waals surface area contributed by atoms with Gasteiger partial charge in [0.15, 0.2) is 0 Å². The Morgan fingerprint density at radius 3 is 2.61 bits per heavy atom. The van der Waals surface area contributed by atoms with Gasteiger partial charge in [-0.3, -0.25) is 0 Å². The van der Waals surface area contributed by atoms with Crippen molar-refractivity contribution >= 4 is 17.3 Å². The first-order valence-electron chi connectivity index (χ1n) is 5.16. The van der Waals surface area contributed by atoms with Crippen molar-refractivity contribution in [1.82, 2.24) is 0 Å². The fourth-order valence-corrected chi connectivity index (χ4v) is 1.54. The number of carbonyl (C=O) groups is 1. The Labute approximate surface area is 102 Å². The van der Waals surface area contributed by atoms with Gasteiger partial charge in [0.25, 0.3) is 0 Å². The quantitative estimate of drug-likeness (QED) is 0.729. The highest BCUT2D eigenvalue weighted by Crippen LogP contribution is 2.27. The van der Waals surface area contributed by atoms with Gasteiger partial charge in [-0.1, -0.05) is 6.07 Å². The third-order valence-corrected chi connectivity index (χ3v) is 2.28. The number of nitrogens with two attached hydrogens (primary N) is 1. The van der Waals surface area contributed by atoms with Gasteiger partial charge in [0, 0.05) is 6.04 Å². The number of hydrogen-bond acceptors (Lipinski definition) is 3. The van der Waals surface area contributed by atoms with E-state index < -0.39 is 24.6 Å². The van der Waals surface area contributed by atoms with E-state index in [0.29, 0.717) is 0 Å². The molecule has 0 aliphatic carbocycles. The number of alkyl halides is 3. The molecule has 0 radical (unpaired) electrons. The van der Waals surface area contributed by atoms with E-state index >= 15 is 0 Å². The highest BCUT2D eigenvalue weighted by atomic mass is 19.4. The molecule has 0 aromatic heterocycles. The third kappa shape index (κ3) is 3.83. The summed E-state index contributed by atoms with van der Waals surface area (Å²) in [6, 6.07) is 3.25. The van der Waals surface area contributed by atoms with Crippen LogP contribution in [0.5, 0.6) is 0 Å². The zero-order valence-electron chi connectivity index (χ0n) is 9.58. The number of benzene rings is 1. The average Bonchev–Trinajstić information content (AvgIpc) is 2.17. The van der Waals surface area contributed by atoms with Crippen molar-refractivity contribution in [1.29, 1.82) is 0 Å². The van der Waals surface area contributed by atoms with Gasteiger partial charge in [0.2, 0.25) is 0 Å². The van der Waals surface area contributed by atoms with Gasteiger partial charge in [-0.05, 0) is 19.1 Å². The molecule has 18 heavy (non-hydrogen) atoms. The molecule has 0 aliphatic rings. The van der Waals surface area contributed by atoms with Crippen LogP contribution in [-0.2, 0) is 0 Å². The van der Waals surface area contributed by atoms with E-state index in [0.717, 1.165) is 0 Å². The van der Waals surface area contributed by atoms with Crippen molar-refractivity contribution in [3.63, 3.8) is 0 Å². The summed E-state index contributed by atoms with van der Waals surface area (Å²) in [6.07, 6.45) is -5.31. The molecule has 1 atom stereocenters. The van der Waals surface area contributed by atoms with Crippen molar-refractivity contribution in [2.75, 3.05) is 11.1 Å². The summed E-state index contributed by atoms with van der Waals surface area (Å²) >= 11 is 0. The molecule has 0 bridgehead atoms. The highest BCUT2D eigenvalue weighted by Gasteiger charge is 2.30. The van der Waals surface area contributed by atoms with Crippen LogP contribution in [0.4, 0.5) is 24.5 Å². The number of halogens is 3. The number of para-hydroxylation sites is 1. The molecule has 0 amide bonds. The van der Waals surface area contributed by atoms with E-state index in [4.69, 9.17) is 10.8 Å². The first-order valence-corrected chi connectivity index (χ1v) is 5.16. The van der Waals surface area contributed by atoms with Gasteiger partial charge in [0.1, 0.15) is 0 Å². The largest absolute Gasteiger partial charge is 0.478 e. The molecular weight excluding hydrogens is 249 g/mol. The minimum atomic E-state index is -4.29. The van der Waals surface area contributed by atoms with E-state index in [2.05, 4.69) is 5.32 Å². The van der Waals surface area contributed by atoms with Crippen LogP contribution in [0.2, 0.25) is 0 Å². The van der Waals surface area contributed by atoms with Crippen molar-refractivity contribution in [2.45, 2.75) is 25.6 Å². The second-order valence-electron chi connectivity index (χ2n) is 3.94. The topological polar surface area (TPSA) is 75.3 Å². The van der Waals surface area contributed by atoms with Gasteiger partial charge in [0.05, 0.1) is 23.4 Å². The SMILES string of the molecule is CC(CC(F)(F)F)Nc1cccc(C(=O)O)c1N. The van der Waals surface area contributed by atoms with Gasteiger partial charge in [-0.2, -0.15) is 13.2 Å². The molecular formula is C11H13F3N2O2. The number of nitrogens with one attached hydrogen (secondary N) is 1. The Morgan fingerprint density at radius 1 is 1.50 bits per heavy atom. The van der Waals surface area contributed by atoms with Crippen molar-refractivity contribution < 1.29 is 23.1 Å². The maximum atomic E-state index is 12.2. The first-order chi connectivity index (χ1) is 8.20. The van der Waals surface area contributed by atoms with Gasteiger partial charge in [-0.15, -0.1) is 0 Å². The molecule has 1 rings (SSSR count). The van der Waals surface area contributed by atoms with Crippen LogP contribution in [0.3, 0.4) is 0 Å². The van der Waals surface area contributed by atoms with E-state index in [1.807, 2.05) is 0 Å². The van der Waals surface area contributed by atoms with Crippen LogP contribution in [0.1, 0.15) is 23.7 Å². The Hall–Kier alpha value is -1.92. The number of carboxylic acids is 1. The third-order valence-electron chi connectivity index (χ3n) is 2.28. The van der Waals surface area contributed by atoms with Crippen LogP contribution in [0.25, 0.3) is 0 Å². The number of anilines is 2. The Bertz CT molecular complexity index is 446. The fourth-order valence-electron chi connectivity index (χ4n) is 1.54. The Kier molecular flexibility index (Phi) is 4.05. The fraction of sp³-hybridized carbons (Fsp3) is 0.364. The number of aromatic carboxylic acids is 1. The lowest BCUT2D eigenvalue weighted by molar-refractivity contribution is -0.136. The first kappa shape index (κ1) is 14.1. The molecule has 0 saturated carbocycles. The summed E-state index contributed by atoms with van der Waals surface area (Å²) in [6.45, 7) is 1.35. The molecule has 0 spiro atoms. The minimum Gasteiger partial charge on any atom is -0.478 e. The molecule has 0 aliphatic heterocycles. The smallest absolute Gasteiger partial charge is 0.391 e. The highest BCUT2D eigenvalue weighted by molar-refractivity contribution is 5.97. The lowest BCUT2D eigenvalue weighted by Gasteiger charge is -2.18. The predicted octanol–water partition coefficient (Wildman–Crippen LogP) is 2.72. The maximum Gasteiger partial charge on any atom is 0.391 e. The number of rotatable bonds is 4. The van der Waals surface area contributed by atoms with Crippen LogP contribution < -0.4 is 11.1 Å². The Balaban J connectivity index is 2.85. The summed E-state index contributed by atoms with van der Waals surface area (Å²) < 4.78 is 36.5. The zero-order valence-corrected chi connectivity index (χ0v) is 9.58. The monoisotopic (exact) mass is 262 g/mol. The molecule has 7 heteroatoms. The second-order valence-corrected chi connectivity index (χ2v) is 3.94. The van der Waals surface area contributed by atoms with Crippen LogP contribution in [0, 0.1) is 0 Å². The van der Waals surface area contributed by atoms with Crippen molar-refractivity contribution in [2.24, 2.45) is 0 Å². The molecule has 100 valence electrons. The van der Waals surface area contributed by atoms with Crippen LogP contribution >= 0.6 is 0 Å². The van der Waals surface area contributed by atoms with Crippen LogP contribution in [0.15, 0.2) is 18.2 Å². The molecule has 1 aromatic rings. The number of carboxylic acid groups (broad SMARTS) is 1. The minimum absolute atomic E-state index is 0.0703. The van der Waals surface area contributed by atoms with Crippen molar-refractivity contribution in [3.8, 4) is 0 Å². The maximum absolute atomic E-state index is 12.2. The summed E-state index contributed by atoms with van der Waals surface area (Å²) in [5, 5.41) is 11.4. The van der Waals surface area contributed by atoms with E-state index in [-0.39, 0.29) is 16.9 Å². The summed E-state index contributed by atoms with van der Waals surface area (Å²) in [4.78, 5) is 10.8. The molecule has 1 unspecified atom stereocenters. The summed E-state index contributed by atoms with van der Waals surface area (Å²) in [5.74, 6) is -1.22. The lowest BCUT2D eigenvalue weighted by atomic mass is 10.1. The molecule has 4 nitrogen and oxygen atoms in total. The standard InChI is InChI=1S/C11H13F3N2O2/c1-6(5-11(12,13)14)16-8-4-2-3-7(9(8)15)10(17)18/h2-4,6,16H,5,15H2,1H3,(H,17,18). The number of nitrogen functional groups attached to an aromatic ring is 1. The zero-order chi connectivity index (χ0) is 13.9. The molecule has 0 heterocycles. The molecule has 0 saturated heterocycles.